The van der Waals surface area contributed by atoms with Crippen LogP contribution in [-0.2, 0) is 14.3 Å². The number of carbonyl (C=O) groups is 2. The first-order chi connectivity index (χ1) is 13.4. The van der Waals surface area contributed by atoms with E-state index in [0.29, 0.717) is 38.5 Å². The number of rotatable bonds is 6. The standard InChI is InChI=1S/C20H28FN3O4/c1-22(2)12-19(25)23-9-7-16(8-10-23)24-11-18(28-14-20(24)26)13-27-17-5-3-15(21)4-6-17/h3-6,16,18H,7-14H2,1-2H3. The molecule has 28 heavy (non-hydrogen) atoms. The molecule has 1 atom stereocenters. The maximum absolute atomic E-state index is 13.0. The third-order valence-electron chi connectivity index (χ3n) is 5.12. The van der Waals surface area contributed by atoms with E-state index in [1.807, 2.05) is 28.8 Å². The van der Waals surface area contributed by atoms with Gasteiger partial charge in [0.05, 0.1) is 13.1 Å². The van der Waals surface area contributed by atoms with Crippen molar-refractivity contribution in [2.24, 2.45) is 0 Å². The van der Waals surface area contributed by atoms with Crippen LogP contribution in [0.2, 0.25) is 0 Å². The molecule has 2 amide bonds. The Morgan fingerprint density at radius 1 is 1.25 bits per heavy atom. The molecule has 2 saturated heterocycles. The van der Waals surface area contributed by atoms with E-state index in [2.05, 4.69) is 0 Å². The van der Waals surface area contributed by atoms with Crippen LogP contribution < -0.4 is 4.74 Å². The molecule has 7 nitrogen and oxygen atoms in total. The maximum Gasteiger partial charge on any atom is 0.248 e. The van der Waals surface area contributed by atoms with E-state index in [1.165, 1.54) is 12.1 Å². The van der Waals surface area contributed by atoms with Gasteiger partial charge >= 0.3 is 0 Å². The summed E-state index contributed by atoms with van der Waals surface area (Å²) in [5.41, 5.74) is 0. The third-order valence-corrected chi connectivity index (χ3v) is 5.12. The second kappa shape index (κ2) is 9.34. The van der Waals surface area contributed by atoms with E-state index in [9.17, 15) is 14.0 Å². The average Bonchev–Trinajstić information content (AvgIpc) is 2.68. The predicted octanol–water partition coefficient (Wildman–Crippen LogP) is 0.985. The molecule has 0 bridgehead atoms. The average molecular weight is 393 g/mol. The molecule has 0 saturated carbocycles. The summed E-state index contributed by atoms with van der Waals surface area (Å²) in [5, 5.41) is 0. The van der Waals surface area contributed by atoms with Gasteiger partial charge in [-0.25, -0.2) is 4.39 Å². The summed E-state index contributed by atoms with van der Waals surface area (Å²) >= 11 is 0. The van der Waals surface area contributed by atoms with E-state index in [-0.39, 0.29) is 36.4 Å². The highest BCUT2D eigenvalue weighted by Gasteiger charge is 2.34. The zero-order valence-electron chi connectivity index (χ0n) is 16.5. The molecule has 2 fully saturated rings. The van der Waals surface area contributed by atoms with Crippen LogP contribution in [0.3, 0.4) is 0 Å². The van der Waals surface area contributed by atoms with Gasteiger partial charge in [0, 0.05) is 19.1 Å². The lowest BCUT2D eigenvalue weighted by molar-refractivity contribution is -0.155. The molecule has 1 aromatic rings. The Kier molecular flexibility index (Phi) is 6.85. The van der Waals surface area contributed by atoms with Gasteiger partial charge in [-0.1, -0.05) is 0 Å². The minimum Gasteiger partial charge on any atom is -0.491 e. The van der Waals surface area contributed by atoms with Crippen molar-refractivity contribution in [1.82, 2.24) is 14.7 Å². The molecule has 2 heterocycles. The minimum absolute atomic E-state index is 0.0175. The summed E-state index contributed by atoms with van der Waals surface area (Å²) in [4.78, 5) is 30.1. The Balaban J connectivity index is 1.49. The van der Waals surface area contributed by atoms with Gasteiger partial charge in [-0.05, 0) is 51.2 Å². The van der Waals surface area contributed by atoms with Gasteiger partial charge < -0.3 is 24.2 Å². The normalized spacial score (nSPS) is 21.3. The van der Waals surface area contributed by atoms with Crippen molar-refractivity contribution in [1.29, 1.82) is 0 Å². The molecule has 0 aromatic heterocycles. The lowest BCUT2D eigenvalue weighted by Gasteiger charge is -2.42. The second-order valence-electron chi connectivity index (χ2n) is 7.59. The zero-order chi connectivity index (χ0) is 20.1. The number of amides is 2. The largest absolute Gasteiger partial charge is 0.491 e. The molecule has 0 radical (unpaired) electrons. The number of benzene rings is 1. The van der Waals surface area contributed by atoms with E-state index in [1.54, 1.807) is 12.1 Å². The number of hydrogen-bond acceptors (Lipinski definition) is 5. The summed E-state index contributed by atoms with van der Waals surface area (Å²) < 4.78 is 24.2. The summed E-state index contributed by atoms with van der Waals surface area (Å²) in [6.45, 7) is 2.55. The molecule has 0 spiro atoms. The molecule has 2 aliphatic heterocycles. The molecule has 8 heteroatoms. The monoisotopic (exact) mass is 393 g/mol. The molecule has 1 aromatic carbocycles. The lowest BCUT2D eigenvalue weighted by atomic mass is 10.0. The first-order valence-corrected chi connectivity index (χ1v) is 9.64. The maximum atomic E-state index is 13.0. The number of ether oxygens (including phenoxy) is 2. The Morgan fingerprint density at radius 3 is 2.57 bits per heavy atom. The highest BCUT2D eigenvalue weighted by Crippen LogP contribution is 2.21. The van der Waals surface area contributed by atoms with Crippen LogP contribution >= 0.6 is 0 Å². The fraction of sp³-hybridized carbons (Fsp3) is 0.600. The minimum atomic E-state index is -0.312. The summed E-state index contributed by atoms with van der Waals surface area (Å²) in [5.74, 6) is 0.369. The number of likely N-dealkylation sites (N-methyl/N-ethyl adjacent to an activating group) is 1. The molecule has 0 N–H and O–H groups in total. The van der Waals surface area contributed by atoms with Gasteiger partial charge in [0.1, 0.15) is 30.9 Å². The summed E-state index contributed by atoms with van der Waals surface area (Å²) in [6.07, 6.45) is 1.32. The Labute approximate surface area is 165 Å². The van der Waals surface area contributed by atoms with E-state index in [0.717, 1.165) is 12.8 Å². The van der Waals surface area contributed by atoms with Gasteiger partial charge in [0.15, 0.2) is 0 Å². The summed E-state index contributed by atoms with van der Waals surface area (Å²) in [6, 6.07) is 5.95. The third kappa shape index (κ3) is 5.42. The number of nitrogens with zero attached hydrogens (tertiary/aromatic N) is 3. The molecular weight excluding hydrogens is 365 g/mol. The van der Waals surface area contributed by atoms with Crippen molar-refractivity contribution >= 4 is 11.8 Å². The van der Waals surface area contributed by atoms with Crippen molar-refractivity contribution in [3.8, 4) is 5.75 Å². The number of likely N-dealkylation sites (tertiary alicyclic amines) is 1. The summed E-state index contributed by atoms with van der Waals surface area (Å²) in [7, 11) is 3.76. The SMILES string of the molecule is CN(C)CC(=O)N1CCC(N2CC(COc3ccc(F)cc3)OCC2=O)CC1. The first kappa shape index (κ1) is 20.5. The number of morpholine rings is 1. The van der Waals surface area contributed by atoms with Crippen molar-refractivity contribution < 1.29 is 23.5 Å². The predicted molar refractivity (Wildman–Crippen MR) is 102 cm³/mol. The van der Waals surface area contributed by atoms with Gasteiger partial charge in [-0.2, -0.15) is 0 Å². The van der Waals surface area contributed by atoms with Gasteiger partial charge in [0.2, 0.25) is 11.8 Å². The smallest absolute Gasteiger partial charge is 0.248 e. The van der Waals surface area contributed by atoms with Crippen LogP contribution in [0.5, 0.6) is 5.75 Å². The van der Waals surface area contributed by atoms with Crippen LogP contribution in [0.25, 0.3) is 0 Å². The van der Waals surface area contributed by atoms with Crippen LogP contribution in [0.4, 0.5) is 4.39 Å². The van der Waals surface area contributed by atoms with E-state index < -0.39 is 0 Å². The molecular formula is C20H28FN3O4. The first-order valence-electron chi connectivity index (χ1n) is 9.64. The zero-order valence-corrected chi connectivity index (χ0v) is 16.5. The number of carbonyl (C=O) groups excluding carboxylic acids is 2. The molecule has 1 unspecified atom stereocenters. The molecule has 3 rings (SSSR count). The Bertz CT molecular complexity index is 675. The van der Waals surface area contributed by atoms with Gasteiger partial charge in [-0.3, -0.25) is 9.59 Å². The van der Waals surface area contributed by atoms with Crippen molar-refractivity contribution in [3.63, 3.8) is 0 Å². The van der Waals surface area contributed by atoms with Crippen molar-refractivity contribution in [3.05, 3.63) is 30.1 Å². The van der Waals surface area contributed by atoms with Crippen LogP contribution in [0, 0.1) is 5.82 Å². The second-order valence-corrected chi connectivity index (χ2v) is 7.59. The fourth-order valence-electron chi connectivity index (χ4n) is 3.62. The van der Waals surface area contributed by atoms with Gasteiger partial charge in [0.25, 0.3) is 0 Å². The van der Waals surface area contributed by atoms with E-state index >= 15 is 0 Å². The Morgan fingerprint density at radius 2 is 1.93 bits per heavy atom. The molecule has 0 aliphatic carbocycles. The van der Waals surface area contributed by atoms with Crippen molar-refractivity contribution in [2.45, 2.75) is 25.0 Å². The van der Waals surface area contributed by atoms with Gasteiger partial charge in [-0.15, -0.1) is 0 Å². The molecule has 2 aliphatic rings. The molecule has 154 valence electrons. The number of halogens is 1. The van der Waals surface area contributed by atoms with Crippen LogP contribution in [0.15, 0.2) is 24.3 Å². The topological polar surface area (TPSA) is 62.3 Å². The van der Waals surface area contributed by atoms with Crippen molar-refractivity contribution in [2.75, 3.05) is 53.5 Å². The van der Waals surface area contributed by atoms with Crippen LogP contribution in [0.1, 0.15) is 12.8 Å². The lowest BCUT2D eigenvalue weighted by Crippen LogP contribution is -2.56. The fourth-order valence-corrected chi connectivity index (χ4v) is 3.62. The quantitative estimate of drug-likeness (QED) is 0.721. The number of piperidine rings is 1. The highest BCUT2D eigenvalue weighted by molar-refractivity contribution is 5.79. The highest BCUT2D eigenvalue weighted by atomic mass is 19.1. The van der Waals surface area contributed by atoms with Crippen LogP contribution in [-0.4, -0.2) is 92.1 Å². The van der Waals surface area contributed by atoms with E-state index in [4.69, 9.17) is 9.47 Å². The Hall–Kier alpha value is -2.19. The number of hydrogen-bond donors (Lipinski definition) is 0.